The first-order valence-corrected chi connectivity index (χ1v) is 7.21. The quantitative estimate of drug-likeness (QED) is 0.738. The molecule has 0 radical (unpaired) electrons. The van der Waals surface area contributed by atoms with E-state index in [1.807, 2.05) is 25.7 Å². The number of hydrogen-bond donors (Lipinski definition) is 3. The third kappa shape index (κ3) is 3.22. The van der Waals surface area contributed by atoms with Crippen molar-refractivity contribution in [3.8, 4) is 0 Å². The second-order valence-corrected chi connectivity index (χ2v) is 6.57. The first-order valence-electron chi connectivity index (χ1n) is 7.21. The van der Waals surface area contributed by atoms with Crippen LogP contribution in [0.5, 0.6) is 0 Å². The Morgan fingerprint density at radius 2 is 2.09 bits per heavy atom. The predicted octanol–water partition coefficient (Wildman–Crippen LogP) is 0.766. The minimum absolute atomic E-state index is 0.163. The van der Waals surface area contributed by atoms with Crippen LogP contribution in [0.15, 0.2) is 6.07 Å². The van der Waals surface area contributed by atoms with Gasteiger partial charge in [0.1, 0.15) is 0 Å². The predicted molar refractivity (Wildman–Crippen MR) is 82.6 cm³/mol. The molecule has 8 heteroatoms. The molecule has 1 aromatic rings. The van der Waals surface area contributed by atoms with Gasteiger partial charge in [-0.05, 0) is 11.5 Å². The lowest BCUT2D eigenvalue weighted by molar-refractivity contribution is 0.0749. The van der Waals surface area contributed by atoms with E-state index in [4.69, 9.17) is 5.73 Å². The highest BCUT2D eigenvalue weighted by Gasteiger charge is 2.38. The second kappa shape index (κ2) is 5.96. The second-order valence-electron chi connectivity index (χ2n) is 6.57. The molecule has 4 N–H and O–H groups in total. The molecule has 0 spiro atoms. The number of hydrogen-bond acceptors (Lipinski definition) is 6. The van der Waals surface area contributed by atoms with Gasteiger partial charge >= 0.3 is 6.09 Å². The topological polar surface area (TPSA) is 116 Å². The molecular formula is C14H23N5O3. The standard InChI is InChI=1S/C14H23N5O3/c1-14(2,3)11-7-18(4-5-19(11)13(21)22)10-6-9(8-20)16-17-12(10)15/h6,11,20H,4-5,7-8H2,1-3H3,(H2,15,17)(H,21,22). The highest BCUT2D eigenvalue weighted by Crippen LogP contribution is 2.31. The summed E-state index contributed by atoms with van der Waals surface area (Å²) in [6.45, 7) is 7.29. The molecule has 0 saturated carbocycles. The van der Waals surface area contributed by atoms with Gasteiger partial charge in [-0.15, -0.1) is 5.10 Å². The van der Waals surface area contributed by atoms with Crippen LogP contribution in [0.3, 0.4) is 0 Å². The Balaban J connectivity index is 2.30. The number of rotatable bonds is 2. The molecule has 1 amide bonds. The van der Waals surface area contributed by atoms with Gasteiger partial charge in [0.2, 0.25) is 0 Å². The largest absolute Gasteiger partial charge is 0.465 e. The number of amides is 1. The fourth-order valence-electron chi connectivity index (χ4n) is 2.73. The molecule has 1 saturated heterocycles. The van der Waals surface area contributed by atoms with Crippen LogP contribution < -0.4 is 10.6 Å². The average molecular weight is 309 g/mol. The fraction of sp³-hybridized carbons (Fsp3) is 0.643. The summed E-state index contributed by atoms with van der Waals surface area (Å²) >= 11 is 0. The van der Waals surface area contributed by atoms with Crippen LogP contribution in [0.1, 0.15) is 26.5 Å². The van der Waals surface area contributed by atoms with Crippen molar-refractivity contribution in [3.63, 3.8) is 0 Å². The zero-order valence-electron chi connectivity index (χ0n) is 13.2. The Morgan fingerprint density at radius 3 is 2.64 bits per heavy atom. The third-order valence-corrected chi connectivity index (χ3v) is 3.98. The fourth-order valence-corrected chi connectivity index (χ4v) is 2.73. The van der Waals surface area contributed by atoms with E-state index in [0.29, 0.717) is 31.0 Å². The Bertz CT molecular complexity index is 558. The number of nitrogen functional groups attached to an aromatic ring is 1. The zero-order chi connectivity index (χ0) is 16.5. The van der Waals surface area contributed by atoms with Gasteiger partial charge in [-0.1, -0.05) is 20.8 Å². The number of nitrogens with zero attached hydrogens (tertiary/aromatic N) is 4. The summed E-state index contributed by atoms with van der Waals surface area (Å²) in [5.41, 5.74) is 6.83. The van der Waals surface area contributed by atoms with Crippen LogP contribution in [0.4, 0.5) is 16.3 Å². The minimum Gasteiger partial charge on any atom is -0.465 e. The SMILES string of the molecule is CC(C)(C)C1CN(c2cc(CO)nnc2N)CCN1C(=O)O. The lowest BCUT2D eigenvalue weighted by Gasteiger charge is -2.46. The van der Waals surface area contributed by atoms with Crippen molar-refractivity contribution >= 4 is 17.6 Å². The van der Waals surface area contributed by atoms with Gasteiger partial charge in [0, 0.05) is 19.6 Å². The van der Waals surface area contributed by atoms with Crippen molar-refractivity contribution < 1.29 is 15.0 Å². The lowest BCUT2D eigenvalue weighted by Crippen LogP contribution is -2.59. The van der Waals surface area contributed by atoms with E-state index in [1.54, 1.807) is 6.07 Å². The number of nitrogens with two attached hydrogens (primary N) is 1. The number of carbonyl (C=O) groups is 1. The lowest BCUT2D eigenvalue weighted by atomic mass is 9.84. The first-order chi connectivity index (χ1) is 10.2. The van der Waals surface area contributed by atoms with E-state index >= 15 is 0 Å². The molecule has 22 heavy (non-hydrogen) atoms. The van der Waals surface area contributed by atoms with Crippen molar-refractivity contribution in [2.24, 2.45) is 5.41 Å². The molecule has 0 aliphatic carbocycles. The smallest absolute Gasteiger partial charge is 0.407 e. The van der Waals surface area contributed by atoms with Crippen LogP contribution in [0.2, 0.25) is 0 Å². The van der Waals surface area contributed by atoms with Crippen LogP contribution in [-0.2, 0) is 6.61 Å². The van der Waals surface area contributed by atoms with Crippen LogP contribution in [0, 0.1) is 5.41 Å². The summed E-state index contributed by atoms with van der Waals surface area (Å²) in [5.74, 6) is 0.286. The van der Waals surface area contributed by atoms with Gasteiger partial charge in [0.05, 0.1) is 24.0 Å². The molecule has 0 bridgehead atoms. The Kier molecular flexibility index (Phi) is 4.41. The zero-order valence-corrected chi connectivity index (χ0v) is 13.2. The Morgan fingerprint density at radius 1 is 1.41 bits per heavy atom. The Hall–Kier alpha value is -2.09. The summed E-state index contributed by atoms with van der Waals surface area (Å²) in [4.78, 5) is 14.9. The van der Waals surface area contributed by atoms with Crippen LogP contribution in [-0.4, -0.2) is 57.1 Å². The molecule has 1 unspecified atom stereocenters. The molecule has 122 valence electrons. The highest BCUT2D eigenvalue weighted by atomic mass is 16.4. The van der Waals surface area contributed by atoms with Crippen molar-refractivity contribution in [1.82, 2.24) is 15.1 Å². The molecule has 8 nitrogen and oxygen atoms in total. The molecule has 0 aromatic carbocycles. The molecule has 1 aromatic heterocycles. The monoisotopic (exact) mass is 309 g/mol. The molecule has 2 rings (SSSR count). The van der Waals surface area contributed by atoms with E-state index in [-0.39, 0.29) is 23.9 Å². The van der Waals surface area contributed by atoms with Crippen molar-refractivity contribution in [2.45, 2.75) is 33.4 Å². The maximum absolute atomic E-state index is 11.4. The molecular weight excluding hydrogens is 286 g/mol. The average Bonchev–Trinajstić information content (AvgIpc) is 2.46. The minimum atomic E-state index is -0.906. The van der Waals surface area contributed by atoms with Crippen molar-refractivity contribution in [3.05, 3.63) is 11.8 Å². The molecule has 2 heterocycles. The summed E-state index contributed by atoms with van der Waals surface area (Å²) in [6.07, 6.45) is -0.906. The van der Waals surface area contributed by atoms with E-state index in [2.05, 4.69) is 10.2 Å². The van der Waals surface area contributed by atoms with Crippen LogP contribution in [0.25, 0.3) is 0 Å². The van der Waals surface area contributed by atoms with E-state index in [9.17, 15) is 15.0 Å². The molecule has 1 aliphatic rings. The van der Waals surface area contributed by atoms with Gasteiger partial charge < -0.3 is 25.7 Å². The number of piperazine rings is 1. The first kappa shape index (κ1) is 16.3. The van der Waals surface area contributed by atoms with E-state index in [0.717, 1.165) is 0 Å². The van der Waals surface area contributed by atoms with Crippen molar-refractivity contribution in [2.75, 3.05) is 30.3 Å². The normalized spacial score (nSPS) is 19.4. The maximum atomic E-state index is 11.4. The van der Waals surface area contributed by atoms with E-state index in [1.165, 1.54) is 4.90 Å². The van der Waals surface area contributed by atoms with Gasteiger partial charge in [-0.25, -0.2) is 4.79 Å². The van der Waals surface area contributed by atoms with Gasteiger partial charge in [-0.2, -0.15) is 5.10 Å². The van der Waals surface area contributed by atoms with Crippen molar-refractivity contribution in [1.29, 1.82) is 0 Å². The number of aromatic nitrogens is 2. The highest BCUT2D eigenvalue weighted by molar-refractivity contribution is 5.68. The number of carboxylic acid groups (broad SMARTS) is 1. The molecule has 1 atom stereocenters. The summed E-state index contributed by atoms with van der Waals surface area (Å²) in [7, 11) is 0. The number of anilines is 2. The molecule has 1 fully saturated rings. The number of aliphatic hydroxyl groups excluding tert-OH is 1. The summed E-state index contributed by atoms with van der Waals surface area (Å²) in [6, 6.07) is 1.54. The van der Waals surface area contributed by atoms with Gasteiger partial charge in [0.25, 0.3) is 0 Å². The van der Waals surface area contributed by atoms with E-state index < -0.39 is 6.09 Å². The summed E-state index contributed by atoms with van der Waals surface area (Å²) in [5, 5.41) is 26.3. The van der Waals surface area contributed by atoms with Gasteiger partial charge in [0.15, 0.2) is 5.82 Å². The third-order valence-electron chi connectivity index (χ3n) is 3.98. The van der Waals surface area contributed by atoms with Gasteiger partial charge in [-0.3, -0.25) is 0 Å². The summed E-state index contributed by atoms with van der Waals surface area (Å²) < 4.78 is 0. The van der Waals surface area contributed by atoms with Crippen LogP contribution >= 0.6 is 0 Å². The Labute approximate surface area is 129 Å². The maximum Gasteiger partial charge on any atom is 0.407 e. The molecule has 1 aliphatic heterocycles. The number of aliphatic hydroxyl groups is 1.